The van der Waals surface area contributed by atoms with Crippen molar-refractivity contribution in [3.63, 3.8) is 0 Å². The van der Waals surface area contributed by atoms with Crippen LogP contribution in [0.5, 0.6) is 17.2 Å². The number of hydrogen-bond donors (Lipinski definition) is 1. The van der Waals surface area contributed by atoms with Crippen molar-refractivity contribution in [3.05, 3.63) is 52.6 Å². The number of likely N-dealkylation sites (N-methyl/N-ethyl adjacent to an activating group) is 1. The van der Waals surface area contributed by atoms with Crippen molar-refractivity contribution >= 4 is 5.71 Å². The number of fused-ring (bicyclic) bond motifs is 2. The minimum Gasteiger partial charge on any atom is -0.492 e. The zero-order valence-corrected chi connectivity index (χ0v) is 15.9. The van der Waals surface area contributed by atoms with Crippen molar-refractivity contribution in [1.82, 2.24) is 4.90 Å². The summed E-state index contributed by atoms with van der Waals surface area (Å²) in [6.45, 7) is 3.16. The average Bonchev–Trinajstić information content (AvgIpc) is 3.15. The van der Waals surface area contributed by atoms with Gasteiger partial charge in [0, 0.05) is 24.6 Å². The Morgan fingerprint density at radius 2 is 2.07 bits per heavy atom. The molecule has 4 rings (SSSR count). The van der Waals surface area contributed by atoms with Crippen LogP contribution in [0.1, 0.15) is 34.7 Å². The fraction of sp³-hybridized carbons (Fsp3) is 0.381. The van der Waals surface area contributed by atoms with Crippen molar-refractivity contribution in [3.8, 4) is 17.2 Å². The molecule has 27 heavy (non-hydrogen) atoms. The highest BCUT2D eigenvalue weighted by Gasteiger charge is 2.34. The zero-order valence-electron chi connectivity index (χ0n) is 15.9. The van der Waals surface area contributed by atoms with E-state index in [0.717, 1.165) is 35.6 Å². The van der Waals surface area contributed by atoms with Crippen molar-refractivity contribution in [2.45, 2.75) is 25.8 Å². The van der Waals surface area contributed by atoms with E-state index >= 15 is 0 Å². The van der Waals surface area contributed by atoms with Crippen LogP contribution in [-0.4, -0.2) is 43.3 Å². The van der Waals surface area contributed by atoms with Crippen LogP contribution in [0.3, 0.4) is 0 Å². The fourth-order valence-corrected chi connectivity index (χ4v) is 3.93. The maximum absolute atomic E-state index is 9.69. The smallest absolute Gasteiger partial charge is 0.231 e. The van der Waals surface area contributed by atoms with Crippen LogP contribution in [-0.2, 0) is 6.42 Å². The van der Waals surface area contributed by atoms with Crippen LogP contribution in [0, 0.1) is 6.92 Å². The first-order valence-electron chi connectivity index (χ1n) is 9.10. The number of hydrogen-bond acceptors (Lipinski definition) is 6. The second-order valence-electron chi connectivity index (χ2n) is 7.08. The van der Waals surface area contributed by atoms with E-state index in [9.17, 15) is 5.21 Å². The Labute approximate surface area is 159 Å². The number of ether oxygens (including phenoxy) is 3. The molecule has 0 amide bonds. The number of nitrogens with zero attached hydrogens (tertiary/aromatic N) is 2. The van der Waals surface area contributed by atoms with Gasteiger partial charge in [-0.05, 0) is 37.6 Å². The summed E-state index contributed by atoms with van der Waals surface area (Å²) in [4.78, 5) is 2.27. The third-order valence-corrected chi connectivity index (χ3v) is 5.44. The lowest BCUT2D eigenvalue weighted by Crippen LogP contribution is -2.34. The monoisotopic (exact) mass is 368 g/mol. The maximum Gasteiger partial charge on any atom is 0.231 e. The van der Waals surface area contributed by atoms with Crippen LogP contribution in [0.4, 0.5) is 0 Å². The average molecular weight is 368 g/mol. The Bertz CT molecular complexity index is 877. The molecule has 0 aliphatic carbocycles. The molecule has 6 heteroatoms. The van der Waals surface area contributed by atoms with E-state index in [2.05, 4.69) is 23.2 Å². The van der Waals surface area contributed by atoms with Gasteiger partial charge in [-0.15, -0.1) is 0 Å². The molecule has 2 heterocycles. The second kappa shape index (κ2) is 7.12. The molecular formula is C21H24N2O4. The molecule has 2 aliphatic heterocycles. The van der Waals surface area contributed by atoms with Crippen molar-refractivity contribution < 1.29 is 19.4 Å². The minimum atomic E-state index is 0.0189. The van der Waals surface area contributed by atoms with Gasteiger partial charge >= 0.3 is 0 Å². The zero-order chi connectivity index (χ0) is 19.0. The molecule has 0 saturated heterocycles. The van der Waals surface area contributed by atoms with Gasteiger partial charge in [-0.2, -0.15) is 0 Å². The van der Waals surface area contributed by atoms with Crippen molar-refractivity contribution in [2.75, 3.05) is 27.5 Å². The standard InChI is InChI=1S/C21H24N2O4/c1-13-4-6-14(7-5-13)16(22-24)11-17-19-15(8-9-23(17)2)10-18-20(21(19)25-3)27-12-26-18/h4-7,10,17,24H,8-9,11-12H2,1-3H3/b22-16+/t17-/m1/s1. The highest BCUT2D eigenvalue weighted by molar-refractivity contribution is 6.00. The van der Waals surface area contributed by atoms with E-state index in [1.54, 1.807) is 7.11 Å². The van der Waals surface area contributed by atoms with Gasteiger partial charge in [-0.25, -0.2) is 0 Å². The highest BCUT2D eigenvalue weighted by Crippen LogP contribution is 2.50. The first-order valence-corrected chi connectivity index (χ1v) is 9.10. The number of methoxy groups -OCH3 is 1. The van der Waals surface area contributed by atoms with Gasteiger partial charge < -0.3 is 19.4 Å². The molecular weight excluding hydrogens is 344 g/mol. The van der Waals surface area contributed by atoms with Gasteiger partial charge in [0.15, 0.2) is 11.5 Å². The topological polar surface area (TPSA) is 63.5 Å². The Kier molecular flexibility index (Phi) is 4.66. The first kappa shape index (κ1) is 17.7. The third kappa shape index (κ3) is 3.10. The molecule has 6 nitrogen and oxygen atoms in total. The largest absolute Gasteiger partial charge is 0.492 e. The van der Waals surface area contributed by atoms with E-state index in [4.69, 9.17) is 14.2 Å². The van der Waals surface area contributed by atoms with Crippen LogP contribution >= 0.6 is 0 Å². The lowest BCUT2D eigenvalue weighted by atomic mass is 9.87. The molecule has 0 radical (unpaired) electrons. The summed E-state index contributed by atoms with van der Waals surface area (Å²) in [6.07, 6.45) is 1.48. The molecule has 0 fully saturated rings. The molecule has 1 atom stereocenters. The summed E-state index contributed by atoms with van der Waals surface area (Å²) >= 11 is 0. The Morgan fingerprint density at radius 3 is 2.78 bits per heavy atom. The number of rotatable bonds is 4. The Balaban J connectivity index is 1.75. The molecule has 0 saturated carbocycles. The van der Waals surface area contributed by atoms with E-state index in [-0.39, 0.29) is 12.8 Å². The third-order valence-electron chi connectivity index (χ3n) is 5.44. The first-order chi connectivity index (χ1) is 13.1. The summed E-state index contributed by atoms with van der Waals surface area (Å²) in [6, 6.07) is 10.1. The van der Waals surface area contributed by atoms with Gasteiger partial charge in [0.2, 0.25) is 12.5 Å². The SMILES string of the molecule is COc1c2c(cc3c1[C@@H](C/C(=N\O)c1ccc(C)cc1)N(C)CC3)OCO2. The van der Waals surface area contributed by atoms with E-state index in [1.807, 2.05) is 31.2 Å². The predicted octanol–water partition coefficient (Wildman–Crippen LogP) is 3.53. The lowest BCUT2D eigenvalue weighted by Gasteiger charge is -2.36. The van der Waals surface area contributed by atoms with Gasteiger partial charge in [0.1, 0.15) is 0 Å². The van der Waals surface area contributed by atoms with Crippen LogP contribution in [0.15, 0.2) is 35.5 Å². The fourth-order valence-electron chi connectivity index (χ4n) is 3.93. The molecule has 2 aromatic carbocycles. The van der Waals surface area contributed by atoms with Gasteiger partial charge in [0.25, 0.3) is 0 Å². The van der Waals surface area contributed by atoms with E-state index in [0.29, 0.717) is 17.9 Å². The highest BCUT2D eigenvalue weighted by atomic mass is 16.7. The van der Waals surface area contributed by atoms with Gasteiger partial charge in [0.05, 0.1) is 12.8 Å². The number of oxime groups is 1. The molecule has 2 aliphatic rings. The van der Waals surface area contributed by atoms with Gasteiger partial charge in [-0.3, -0.25) is 4.90 Å². The number of benzene rings is 2. The van der Waals surface area contributed by atoms with E-state index < -0.39 is 0 Å². The molecule has 1 N–H and O–H groups in total. The molecule has 0 bridgehead atoms. The maximum atomic E-state index is 9.69. The predicted molar refractivity (Wildman–Crippen MR) is 102 cm³/mol. The number of aryl methyl sites for hydroxylation is 1. The second-order valence-corrected chi connectivity index (χ2v) is 7.08. The summed E-state index contributed by atoms with van der Waals surface area (Å²) in [5.41, 5.74) is 5.03. The quantitative estimate of drug-likeness (QED) is 0.508. The minimum absolute atomic E-state index is 0.0189. The summed E-state index contributed by atoms with van der Waals surface area (Å²) < 4.78 is 17.0. The van der Waals surface area contributed by atoms with Crippen LogP contribution < -0.4 is 14.2 Å². The Hall–Kier alpha value is -2.73. The van der Waals surface area contributed by atoms with Crippen LogP contribution in [0.2, 0.25) is 0 Å². The molecule has 142 valence electrons. The summed E-state index contributed by atoms with van der Waals surface area (Å²) in [5, 5.41) is 13.3. The molecule has 0 spiro atoms. The van der Waals surface area contributed by atoms with E-state index in [1.165, 1.54) is 11.1 Å². The summed E-state index contributed by atoms with van der Waals surface area (Å²) in [7, 11) is 3.74. The van der Waals surface area contributed by atoms with Gasteiger partial charge in [-0.1, -0.05) is 35.0 Å². The van der Waals surface area contributed by atoms with Crippen LogP contribution in [0.25, 0.3) is 0 Å². The molecule has 2 aromatic rings. The summed E-state index contributed by atoms with van der Waals surface area (Å²) in [5.74, 6) is 2.12. The normalized spacial score (nSPS) is 19.1. The van der Waals surface area contributed by atoms with Crippen molar-refractivity contribution in [2.24, 2.45) is 5.16 Å². The van der Waals surface area contributed by atoms with Crippen molar-refractivity contribution in [1.29, 1.82) is 0 Å². The molecule has 0 unspecified atom stereocenters. The lowest BCUT2D eigenvalue weighted by molar-refractivity contribution is 0.170. The molecule has 0 aromatic heterocycles. The Morgan fingerprint density at radius 1 is 1.30 bits per heavy atom.